The summed E-state index contributed by atoms with van der Waals surface area (Å²) in [6, 6.07) is 18.0. The van der Waals surface area contributed by atoms with Crippen LogP contribution >= 0.6 is 0 Å². The van der Waals surface area contributed by atoms with E-state index in [0.717, 1.165) is 10.9 Å². The molecular formula is C26H30N4O5. The number of hydrogen-bond acceptors (Lipinski definition) is 6. The lowest BCUT2D eigenvalue weighted by molar-refractivity contribution is -0.126. The predicted molar refractivity (Wildman–Crippen MR) is 133 cm³/mol. The highest BCUT2D eigenvalue weighted by Crippen LogP contribution is 2.21. The third-order valence-corrected chi connectivity index (χ3v) is 5.27. The molecule has 1 heterocycles. The Balaban J connectivity index is 1.43. The molecule has 9 heteroatoms. The summed E-state index contributed by atoms with van der Waals surface area (Å²) in [5.41, 5.74) is 2.23. The van der Waals surface area contributed by atoms with Gasteiger partial charge in [0.25, 0.3) is 0 Å². The van der Waals surface area contributed by atoms with Gasteiger partial charge < -0.3 is 25.4 Å². The molecule has 3 rings (SSSR count). The predicted octanol–water partition coefficient (Wildman–Crippen LogP) is 3.40. The van der Waals surface area contributed by atoms with Crippen LogP contribution in [0.1, 0.15) is 24.8 Å². The Kier molecular flexibility index (Phi) is 10.0. The number of alkyl carbamates (subject to hydrolysis) is 1. The Morgan fingerprint density at radius 2 is 1.77 bits per heavy atom. The van der Waals surface area contributed by atoms with E-state index < -0.39 is 12.1 Å². The third-order valence-electron chi connectivity index (χ3n) is 5.27. The molecule has 9 nitrogen and oxygen atoms in total. The molecule has 0 unspecified atom stereocenters. The molecule has 1 atom stereocenters. The lowest BCUT2D eigenvalue weighted by Gasteiger charge is -2.18. The molecule has 3 aromatic rings. The van der Waals surface area contributed by atoms with Crippen LogP contribution in [0.2, 0.25) is 0 Å². The lowest BCUT2D eigenvalue weighted by atomic mass is 10.1. The molecule has 35 heavy (non-hydrogen) atoms. The maximum atomic E-state index is 12.9. The monoisotopic (exact) mass is 478 g/mol. The number of hydrogen-bond donors (Lipinski definition) is 3. The molecule has 0 aliphatic heterocycles. The van der Waals surface area contributed by atoms with E-state index in [2.05, 4.69) is 25.7 Å². The molecule has 0 aliphatic carbocycles. The van der Waals surface area contributed by atoms with E-state index in [0.29, 0.717) is 43.6 Å². The van der Waals surface area contributed by atoms with Crippen molar-refractivity contribution in [1.29, 1.82) is 0 Å². The molecule has 0 bridgehead atoms. The van der Waals surface area contributed by atoms with Gasteiger partial charge in [0.1, 0.15) is 12.6 Å². The molecule has 0 saturated heterocycles. The summed E-state index contributed by atoms with van der Waals surface area (Å²) < 4.78 is 10.1. The van der Waals surface area contributed by atoms with E-state index >= 15 is 0 Å². The summed E-state index contributed by atoms with van der Waals surface area (Å²) >= 11 is 0. The molecule has 0 spiro atoms. The van der Waals surface area contributed by atoms with Crippen LogP contribution in [0, 0.1) is 0 Å². The summed E-state index contributed by atoms with van der Waals surface area (Å²) in [6.45, 7) is 0.784. The van der Waals surface area contributed by atoms with Gasteiger partial charge >= 0.3 is 6.09 Å². The summed E-state index contributed by atoms with van der Waals surface area (Å²) in [5.74, 6) is -0.571. The fourth-order valence-electron chi connectivity index (χ4n) is 3.48. The topological polar surface area (TPSA) is 119 Å². The number of benzene rings is 2. The second-order valence-corrected chi connectivity index (χ2v) is 7.88. The summed E-state index contributed by atoms with van der Waals surface area (Å²) in [4.78, 5) is 41.0. The molecule has 3 amide bonds. The number of nitrogens with zero attached hydrogens (tertiary/aromatic N) is 1. The molecule has 0 radical (unpaired) electrons. The molecule has 184 valence electrons. The zero-order chi connectivity index (χ0) is 24.9. The van der Waals surface area contributed by atoms with Crippen LogP contribution in [0.25, 0.3) is 10.9 Å². The first-order valence-electron chi connectivity index (χ1n) is 11.4. The number of ether oxygens (including phenoxy) is 2. The third kappa shape index (κ3) is 8.38. The van der Waals surface area contributed by atoms with E-state index in [1.165, 1.54) is 7.11 Å². The Morgan fingerprint density at radius 3 is 2.57 bits per heavy atom. The number of amides is 3. The first kappa shape index (κ1) is 25.6. The Labute approximate surface area is 204 Å². The van der Waals surface area contributed by atoms with Gasteiger partial charge in [-0.25, -0.2) is 4.79 Å². The van der Waals surface area contributed by atoms with E-state index in [1.54, 1.807) is 12.3 Å². The quantitative estimate of drug-likeness (QED) is 0.343. The van der Waals surface area contributed by atoms with Gasteiger partial charge in [-0.2, -0.15) is 0 Å². The molecule has 0 fully saturated rings. The standard InChI is InChI=1S/C26H30N4O5/c1-34-26(33)30-22(25(32)29-21-14-7-11-20-12-8-16-28-24(20)21)13-5-6-15-27-23(31)18-35-17-19-9-3-2-4-10-19/h2-4,7-12,14,16,22H,5-6,13,15,17-18H2,1H3,(H,27,31)(H,29,32)(H,30,33)/t22-/m0/s1. The molecule has 1 aromatic heterocycles. The highest BCUT2D eigenvalue weighted by atomic mass is 16.5. The smallest absolute Gasteiger partial charge is 0.407 e. The SMILES string of the molecule is COC(=O)N[C@@H](CCCCNC(=O)COCc1ccccc1)C(=O)Nc1cccc2cccnc12. The first-order chi connectivity index (χ1) is 17.1. The van der Waals surface area contributed by atoms with Crippen LogP contribution in [0.4, 0.5) is 10.5 Å². The van der Waals surface area contributed by atoms with Gasteiger partial charge in [0.2, 0.25) is 11.8 Å². The van der Waals surface area contributed by atoms with Crippen molar-refractivity contribution in [3.63, 3.8) is 0 Å². The van der Waals surface area contributed by atoms with Gasteiger partial charge in [0, 0.05) is 18.1 Å². The van der Waals surface area contributed by atoms with E-state index in [9.17, 15) is 14.4 Å². The second kappa shape index (κ2) is 13.7. The van der Waals surface area contributed by atoms with Gasteiger partial charge in [0.15, 0.2) is 0 Å². The van der Waals surface area contributed by atoms with Gasteiger partial charge in [-0.15, -0.1) is 0 Å². The zero-order valence-corrected chi connectivity index (χ0v) is 19.7. The Bertz CT molecular complexity index is 1120. The largest absolute Gasteiger partial charge is 0.453 e. The van der Waals surface area contributed by atoms with Crippen molar-refractivity contribution in [3.8, 4) is 0 Å². The van der Waals surface area contributed by atoms with E-state index in [1.807, 2.05) is 54.6 Å². The fraction of sp³-hybridized carbons (Fsp3) is 0.308. The van der Waals surface area contributed by atoms with Crippen molar-refractivity contribution < 1.29 is 23.9 Å². The van der Waals surface area contributed by atoms with Crippen molar-refractivity contribution in [2.75, 3.05) is 25.6 Å². The summed E-state index contributed by atoms with van der Waals surface area (Å²) in [5, 5.41) is 9.12. The van der Waals surface area contributed by atoms with Crippen molar-refractivity contribution >= 4 is 34.5 Å². The minimum atomic E-state index is -0.800. The number of fused-ring (bicyclic) bond motifs is 1. The number of methoxy groups -OCH3 is 1. The average molecular weight is 479 g/mol. The number of anilines is 1. The first-order valence-corrected chi connectivity index (χ1v) is 11.4. The number of nitrogens with one attached hydrogen (secondary N) is 3. The molecule has 0 saturated carbocycles. The minimum absolute atomic E-state index is 0.0249. The van der Waals surface area contributed by atoms with Crippen LogP contribution in [0.3, 0.4) is 0 Å². The van der Waals surface area contributed by atoms with Crippen molar-refractivity contribution in [3.05, 3.63) is 72.4 Å². The number of aromatic nitrogens is 1. The number of carbonyl (C=O) groups is 3. The van der Waals surface area contributed by atoms with Crippen LogP contribution in [0.15, 0.2) is 66.9 Å². The fourth-order valence-corrected chi connectivity index (χ4v) is 3.48. The van der Waals surface area contributed by atoms with Crippen LogP contribution < -0.4 is 16.0 Å². The minimum Gasteiger partial charge on any atom is -0.453 e. The lowest BCUT2D eigenvalue weighted by Crippen LogP contribution is -2.43. The van der Waals surface area contributed by atoms with Gasteiger partial charge in [-0.1, -0.05) is 48.5 Å². The summed E-state index contributed by atoms with van der Waals surface area (Å²) in [7, 11) is 1.24. The van der Waals surface area contributed by atoms with Crippen LogP contribution in [0.5, 0.6) is 0 Å². The molecular weight excluding hydrogens is 448 g/mol. The second-order valence-electron chi connectivity index (χ2n) is 7.88. The molecule has 3 N–H and O–H groups in total. The number of carbonyl (C=O) groups excluding carboxylic acids is 3. The molecule has 0 aliphatic rings. The normalized spacial score (nSPS) is 11.5. The van der Waals surface area contributed by atoms with Gasteiger partial charge in [0.05, 0.1) is 24.9 Å². The number of rotatable bonds is 12. The highest BCUT2D eigenvalue weighted by Gasteiger charge is 2.21. The van der Waals surface area contributed by atoms with Crippen molar-refractivity contribution in [2.24, 2.45) is 0 Å². The van der Waals surface area contributed by atoms with Crippen molar-refractivity contribution in [2.45, 2.75) is 31.9 Å². The van der Waals surface area contributed by atoms with Crippen LogP contribution in [-0.2, 0) is 25.7 Å². The van der Waals surface area contributed by atoms with E-state index in [-0.39, 0.29) is 18.4 Å². The van der Waals surface area contributed by atoms with E-state index in [4.69, 9.17) is 4.74 Å². The highest BCUT2D eigenvalue weighted by molar-refractivity contribution is 6.03. The average Bonchev–Trinajstić information content (AvgIpc) is 2.88. The summed E-state index contributed by atoms with van der Waals surface area (Å²) in [6.07, 6.45) is 2.57. The van der Waals surface area contributed by atoms with Gasteiger partial charge in [-0.3, -0.25) is 14.6 Å². The number of para-hydroxylation sites is 1. The zero-order valence-electron chi connectivity index (χ0n) is 19.7. The Morgan fingerprint density at radius 1 is 0.971 bits per heavy atom. The van der Waals surface area contributed by atoms with Gasteiger partial charge in [-0.05, 0) is 37.0 Å². The number of pyridine rings is 1. The Hall–Kier alpha value is -3.98. The molecule has 2 aromatic carbocycles. The van der Waals surface area contributed by atoms with Crippen LogP contribution in [-0.4, -0.2) is 49.2 Å². The maximum absolute atomic E-state index is 12.9. The maximum Gasteiger partial charge on any atom is 0.407 e. The number of unbranched alkanes of at least 4 members (excludes halogenated alkanes) is 1. The van der Waals surface area contributed by atoms with Crippen molar-refractivity contribution in [1.82, 2.24) is 15.6 Å².